The predicted molar refractivity (Wildman–Crippen MR) is 88.6 cm³/mol. The molecule has 6 heteroatoms. The molecule has 2 heterocycles. The first kappa shape index (κ1) is 14.8. The number of nitrogens with zero attached hydrogens (tertiary/aromatic N) is 5. The molecule has 3 aromatic rings. The zero-order chi connectivity index (χ0) is 15.5. The Bertz CT molecular complexity index is 774. The van der Waals surface area contributed by atoms with Gasteiger partial charge in [0.15, 0.2) is 11.0 Å². The van der Waals surface area contributed by atoms with Gasteiger partial charge in [-0.25, -0.2) is 0 Å². The van der Waals surface area contributed by atoms with Crippen molar-refractivity contribution >= 4 is 11.8 Å². The summed E-state index contributed by atoms with van der Waals surface area (Å²) in [7, 11) is 1.91. The minimum absolute atomic E-state index is 0.841. The molecule has 0 aliphatic heterocycles. The molecule has 0 N–H and O–H groups in total. The van der Waals surface area contributed by atoms with Gasteiger partial charge < -0.3 is 4.57 Å². The second-order valence-electron chi connectivity index (χ2n) is 5.23. The van der Waals surface area contributed by atoms with Crippen molar-refractivity contribution in [2.75, 3.05) is 0 Å². The summed E-state index contributed by atoms with van der Waals surface area (Å²) in [5.74, 6) is 1.77. The van der Waals surface area contributed by atoms with Gasteiger partial charge >= 0.3 is 0 Å². The second kappa shape index (κ2) is 6.36. The van der Waals surface area contributed by atoms with Crippen molar-refractivity contribution in [2.24, 2.45) is 7.05 Å². The van der Waals surface area contributed by atoms with Gasteiger partial charge in [0.2, 0.25) is 0 Å². The standard InChI is InChI=1S/C16H19N5S/c1-4-21-15(14-9-17-20(3)10-14)18-19-16(21)22-11-13-7-5-6-12(2)8-13/h5-10H,4,11H2,1-3H3. The molecule has 0 saturated carbocycles. The lowest BCUT2D eigenvalue weighted by Crippen LogP contribution is -1.99. The van der Waals surface area contributed by atoms with Gasteiger partial charge in [-0.15, -0.1) is 10.2 Å². The van der Waals surface area contributed by atoms with Crippen LogP contribution in [0.3, 0.4) is 0 Å². The Hall–Kier alpha value is -2.08. The average Bonchev–Trinajstić information content (AvgIpc) is 3.10. The summed E-state index contributed by atoms with van der Waals surface area (Å²) in [4.78, 5) is 0. The van der Waals surface area contributed by atoms with Gasteiger partial charge in [0.05, 0.1) is 11.8 Å². The van der Waals surface area contributed by atoms with Crippen molar-refractivity contribution in [3.05, 3.63) is 47.8 Å². The maximum Gasteiger partial charge on any atom is 0.191 e. The van der Waals surface area contributed by atoms with Crippen molar-refractivity contribution in [3.8, 4) is 11.4 Å². The van der Waals surface area contributed by atoms with E-state index < -0.39 is 0 Å². The van der Waals surface area contributed by atoms with Crippen LogP contribution in [-0.2, 0) is 19.3 Å². The van der Waals surface area contributed by atoms with Gasteiger partial charge in [-0.1, -0.05) is 41.6 Å². The van der Waals surface area contributed by atoms with Crippen molar-refractivity contribution in [1.82, 2.24) is 24.5 Å². The number of thioether (sulfide) groups is 1. The fourth-order valence-corrected chi connectivity index (χ4v) is 3.33. The molecule has 0 saturated heterocycles. The molecular formula is C16H19N5S. The van der Waals surface area contributed by atoms with E-state index in [1.54, 1.807) is 16.4 Å². The third-order valence-electron chi connectivity index (χ3n) is 3.45. The Kier molecular flexibility index (Phi) is 4.29. The molecule has 0 atom stereocenters. The Labute approximate surface area is 134 Å². The highest BCUT2D eigenvalue weighted by molar-refractivity contribution is 7.98. The first-order valence-corrected chi connectivity index (χ1v) is 8.26. The Balaban J connectivity index is 1.81. The molecule has 5 nitrogen and oxygen atoms in total. The molecule has 0 fully saturated rings. The van der Waals surface area contributed by atoms with Crippen LogP contribution >= 0.6 is 11.8 Å². The first-order chi connectivity index (χ1) is 10.7. The largest absolute Gasteiger partial charge is 0.302 e. The summed E-state index contributed by atoms with van der Waals surface area (Å²) in [6.45, 7) is 5.07. The summed E-state index contributed by atoms with van der Waals surface area (Å²) in [5.41, 5.74) is 3.59. The van der Waals surface area contributed by atoms with Crippen molar-refractivity contribution in [1.29, 1.82) is 0 Å². The Morgan fingerprint density at radius 3 is 2.77 bits per heavy atom. The normalized spacial score (nSPS) is 11.0. The molecule has 0 amide bonds. The van der Waals surface area contributed by atoms with Gasteiger partial charge in [-0.2, -0.15) is 5.10 Å². The Morgan fingerprint density at radius 1 is 1.23 bits per heavy atom. The lowest BCUT2D eigenvalue weighted by atomic mass is 10.2. The molecule has 0 aliphatic rings. The molecule has 114 valence electrons. The fourth-order valence-electron chi connectivity index (χ4n) is 2.38. The zero-order valence-electron chi connectivity index (χ0n) is 13.0. The lowest BCUT2D eigenvalue weighted by molar-refractivity contribution is 0.687. The lowest BCUT2D eigenvalue weighted by Gasteiger charge is -2.06. The zero-order valence-corrected chi connectivity index (χ0v) is 13.8. The summed E-state index contributed by atoms with van der Waals surface area (Å²) < 4.78 is 3.92. The minimum atomic E-state index is 0.841. The van der Waals surface area contributed by atoms with Gasteiger partial charge in [0, 0.05) is 25.5 Å². The number of benzene rings is 1. The monoisotopic (exact) mass is 313 g/mol. The van der Waals surface area contributed by atoms with E-state index in [-0.39, 0.29) is 0 Å². The van der Waals surface area contributed by atoms with Crippen LogP contribution in [0.15, 0.2) is 41.8 Å². The van der Waals surface area contributed by atoms with Gasteiger partial charge in [-0.05, 0) is 19.4 Å². The SMILES string of the molecule is CCn1c(SCc2cccc(C)c2)nnc1-c1cnn(C)c1. The summed E-state index contributed by atoms with van der Waals surface area (Å²) >= 11 is 1.72. The molecule has 0 unspecified atom stereocenters. The number of hydrogen-bond acceptors (Lipinski definition) is 4. The van der Waals surface area contributed by atoms with Crippen LogP contribution in [-0.4, -0.2) is 24.5 Å². The highest BCUT2D eigenvalue weighted by Crippen LogP contribution is 2.26. The summed E-state index contributed by atoms with van der Waals surface area (Å²) in [6, 6.07) is 8.57. The van der Waals surface area contributed by atoms with Gasteiger partial charge in [0.25, 0.3) is 0 Å². The molecular weight excluding hydrogens is 294 g/mol. The molecule has 1 aromatic carbocycles. The fraction of sp³-hybridized carbons (Fsp3) is 0.312. The summed E-state index contributed by atoms with van der Waals surface area (Å²) in [6.07, 6.45) is 3.79. The highest BCUT2D eigenvalue weighted by Gasteiger charge is 2.14. The van der Waals surface area contributed by atoms with E-state index in [4.69, 9.17) is 0 Å². The minimum Gasteiger partial charge on any atom is -0.302 e. The molecule has 2 aromatic heterocycles. The average molecular weight is 313 g/mol. The summed E-state index contributed by atoms with van der Waals surface area (Å²) in [5, 5.41) is 13.8. The molecule has 0 aliphatic carbocycles. The van der Waals surface area contributed by atoms with Crippen molar-refractivity contribution in [3.63, 3.8) is 0 Å². The van der Waals surface area contributed by atoms with Gasteiger partial charge in [0.1, 0.15) is 0 Å². The van der Waals surface area contributed by atoms with Crippen LogP contribution < -0.4 is 0 Å². The number of aromatic nitrogens is 5. The highest BCUT2D eigenvalue weighted by atomic mass is 32.2. The Morgan fingerprint density at radius 2 is 2.09 bits per heavy atom. The maximum atomic E-state index is 4.35. The third-order valence-corrected chi connectivity index (χ3v) is 4.48. The van der Waals surface area contributed by atoms with Crippen LogP contribution in [0, 0.1) is 6.92 Å². The van der Waals surface area contributed by atoms with E-state index in [0.717, 1.165) is 28.8 Å². The van der Waals surface area contributed by atoms with Crippen LogP contribution in [0.5, 0.6) is 0 Å². The predicted octanol–water partition coefficient (Wildman–Crippen LogP) is 3.30. The molecule has 22 heavy (non-hydrogen) atoms. The van der Waals surface area contributed by atoms with Crippen LogP contribution in [0.25, 0.3) is 11.4 Å². The van der Waals surface area contributed by atoms with Crippen LogP contribution in [0.4, 0.5) is 0 Å². The van der Waals surface area contributed by atoms with E-state index in [9.17, 15) is 0 Å². The van der Waals surface area contributed by atoms with E-state index >= 15 is 0 Å². The smallest absolute Gasteiger partial charge is 0.191 e. The van der Waals surface area contributed by atoms with E-state index in [0.29, 0.717) is 0 Å². The van der Waals surface area contributed by atoms with E-state index in [1.165, 1.54) is 11.1 Å². The topological polar surface area (TPSA) is 48.5 Å². The number of rotatable bonds is 5. The molecule has 0 spiro atoms. The van der Waals surface area contributed by atoms with E-state index in [2.05, 4.69) is 58.0 Å². The van der Waals surface area contributed by atoms with Crippen LogP contribution in [0.1, 0.15) is 18.1 Å². The van der Waals surface area contributed by atoms with Gasteiger partial charge in [-0.3, -0.25) is 4.68 Å². The maximum absolute atomic E-state index is 4.35. The number of aryl methyl sites for hydroxylation is 2. The first-order valence-electron chi connectivity index (χ1n) is 7.28. The number of hydrogen-bond donors (Lipinski definition) is 0. The van der Waals surface area contributed by atoms with Crippen molar-refractivity contribution in [2.45, 2.75) is 31.3 Å². The van der Waals surface area contributed by atoms with E-state index in [1.807, 2.05) is 19.4 Å². The third kappa shape index (κ3) is 3.06. The van der Waals surface area contributed by atoms with Crippen LogP contribution in [0.2, 0.25) is 0 Å². The molecule has 0 radical (unpaired) electrons. The molecule has 3 rings (SSSR count). The molecule has 0 bridgehead atoms. The van der Waals surface area contributed by atoms with Crippen molar-refractivity contribution < 1.29 is 0 Å². The second-order valence-corrected chi connectivity index (χ2v) is 6.17. The quantitative estimate of drug-likeness (QED) is 0.678.